The second-order valence-electron chi connectivity index (χ2n) is 6.20. The van der Waals surface area contributed by atoms with Crippen LogP contribution in [0.3, 0.4) is 0 Å². The molecule has 1 unspecified atom stereocenters. The van der Waals surface area contributed by atoms with Crippen molar-refractivity contribution in [1.29, 1.82) is 0 Å². The minimum atomic E-state index is -0.559. The molecule has 0 saturated carbocycles. The first-order valence-corrected chi connectivity index (χ1v) is 7.71. The molecule has 1 saturated heterocycles. The SMILES string of the molecule is CCNC(C)(CCCN1[C@H](C)CCC[C@@H]1C)C(N)=O. The molecular formula is C15H31N3O. The van der Waals surface area contributed by atoms with E-state index in [9.17, 15) is 4.79 Å². The summed E-state index contributed by atoms with van der Waals surface area (Å²) in [5.74, 6) is -0.242. The van der Waals surface area contributed by atoms with Crippen LogP contribution in [0.25, 0.3) is 0 Å². The Bertz CT molecular complexity index is 285. The van der Waals surface area contributed by atoms with Crippen LogP contribution in [0.4, 0.5) is 0 Å². The summed E-state index contributed by atoms with van der Waals surface area (Å²) in [7, 11) is 0. The van der Waals surface area contributed by atoms with Crippen LogP contribution in [0.5, 0.6) is 0 Å². The molecule has 1 rings (SSSR count). The number of likely N-dealkylation sites (N-methyl/N-ethyl adjacent to an activating group) is 1. The number of nitrogens with two attached hydrogens (primary N) is 1. The maximum atomic E-state index is 11.6. The zero-order valence-corrected chi connectivity index (χ0v) is 13.0. The van der Waals surface area contributed by atoms with Gasteiger partial charge in [-0.25, -0.2) is 0 Å². The van der Waals surface area contributed by atoms with Gasteiger partial charge < -0.3 is 11.1 Å². The van der Waals surface area contributed by atoms with E-state index in [1.165, 1.54) is 19.3 Å². The Labute approximate surface area is 118 Å². The van der Waals surface area contributed by atoms with Crippen molar-refractivity contribution in [2.75, 3.05) is 13.1 Å². The fraction of sp³-hybridized carbons (Fsp3) is 0.933. The summed E-state index contributed by atoms with van der Waals surface area (Å²) in [6, 6.07) is 1.34. The number of amides is 1. The van der Waals surface area contributed by atoms with Crippen molar-refractivity contribution in [3.8, 4) is 0 Å². The fourth-order valence-electron chi connectivity index (χ4n) is 3.22. The highest BCUT2D eigenvalue weighted by Gasteiger charge is 2.30. The molecule has 1 aliphatic rings. The smallest absolute Gasteiger partial charge is 0.237 e. The Morgan fingerprint density at radius 1 is 1.37 bits per heavy atom. The molecule has 1 amide bonds. The number of hydrogen-bond donors (Lipinski definition) is 2. The van der Waals surface area contributed by atoms with E-state index in [2.05, 4.69) is 24.1 Å². The first kappa shape index (κ1) is 16.4. The lowest BCUT2D eigenvalue weighted by Gasteiger charge is -2.39. The van der Waals surface area contributed by atoms with Crippen LogP contribution in [-0.2, 0) is 4.79 Å². The molecule has 112 valence electrons. The number of piperidine rings is 1. The zero-order chi connectivity index (χ0) is 14.5. The predicted molar refractivity (Wildman–Crippen MR) is 80.0 cm³/mol. The van der Waals surface area contributed by atoms with E-state index in [1.807, 2.05) is 13.8 Å². The Morgan fingerprint density at radius 2 is 1.95 bits per heavy atom. The summed E-state index contributed by atoms with van der Waals surface area (Å²) < 4.78 is 0. The van der Waals surface area contributed by atoms with Crippen LogP contribution in [-0.4, -0.2) is 41.5 Å². The molecule has 0 aromatic heterocycles. The number of carbonyl (C=O) groups is 1. The molecule has 4 heteroatoms. The quantitative estimate of drug-likeness (QED) is 0.742. The maximum Gasteiger partial charge on any atom is 0.237 e. The summed E-state index contributed by atoms with van der Waals surface area (Å²) in [6.45, 7) is 10.4. The molecule has 0 aliphatic carbocycles. The van der Waals surface area contributed by atoms with E-state index >= 15 is 0 Å². The summed E-state index contributed by atoms with van der Waals surface area (Å²) in [5, 5.41) is 3.23. The van der Waals surface area contributed by atoms with Gasteiger partial charge >= 0.3 is 0 Å². The maximum absolute atomic E-state index is 11.6. The van der Waals surface area contributed by atoms with Gasteiger partial charge in [0, 0.05) is 12.1 Å². The van der Waals surface area contributed by atoms with Crippen molar-refractivity contribution in [2.24, 2.45) is 5.73 Å². The number of nitrogens with one attached hydrogen (secondary N) is 1. The molecule has 0 bridgehead atoms. The van der Waals surface area contributed by atoms with E-state index in [0.29, 0.717) is 12.1 Å². The van der Waals surface area contributed by atoms with Crippen LogP contribution in [0.1, 0.15) is 59.8 Å². The number of hydrogen-bond acceptors (Lipinski definition) is 3. The second-order valence-corrected chi connectivity index (χ2v) is 6.20. The average Bonchev–Trinajstić information content (AvgIpc) is 2.33. The van der Waals surface area contributed by atoms with Gasteiger partial charge in [-0.05, 0) is 59.5 Å². The van der Waals surface area contributed by atoms with E-state index < -0.39 is 5.54 Å². The van der Waals surface area contributed by atoms with Gasteiger partial charge in [0.2, 0.25) is 5.91 Å². The third-order valence-electron chi connectivity index (χ3n) is 4.58. The Morgan fingerprint density at radius 3 is 2.42 bits per heavy atom. The molecule has 19 heavy (non-hydrogen) atoms. The van der Waals surface area contributed by atoms with Gasteiger partial charge in [-0.3, -0.25) is 9.69 Å². The monoisotopic (exact) mass is 269 g/mol. The van der Waals surface area contributed by atoms with Gasteiger partial charge in [0.25, 0.3) is 0 Å². The lowest BCUT2D eigenvalue weighted by atomic mass is 9.93. The third-order valence-corrected chi connectivity index (χ3v) is 4.58. The zero-order valence-electron chi connectivity index (χ0n) is 13.0. The van der Waals surface area contributed by atoms with Crippen molar-refractivity contribution < 1.29 is 4.79 Å². The average molecular weight is 269 g/mol. The number of nitrogens with zero attached hydrogens (tertiary/aromatic N) is 1. The number of rotatable bonds is 7. The van der Waals surface area contributed by atoms with Crippen LogP contribution in [0, 0.1) is 0 Å². The largest absolute Gasteiger partial charge is 0.368 e. The topological polar surface area (TPSA) is 58.4 Å². The first-order valence-electron chi connectivity index (χ1n) is 7.71. The van der Waals surface area contributed by atoms with Crippen molar-refractivity contribution in [3.05, 3.63) is 0 Å². The Balaban J connectivity index is 2.45. The number of primary amides is 1. The summed E-state index contributed by atoms with van der Waals surface area (Å²) >= 11 is 0. The van der Waals surface area contributed by atoms with Crippen LogP contribution in [0.2, 0.25) is 0 Å². The highest BCUT2D eigenvalue weighted by molar-refractivity contribution is 5.84. The summed E-state index contributed by atoms with van der Waals surface area (Å²) in [6.07, 6.45) is 5.76. The van der Waals surface area contributed by atoms with Crippen LogP contribution in [0.15, 0.2) is 0 Å². The summed E-state index contributed by atoms with van der Waals surface area (Å²) in [5.41, 5.74) is 4.96. The first-order chi connectivity index (χ1) is 8.90. The van der Waals surface area contributed by atoms with Crippen LogP contribution < -0.4 is 11.1 Å². The minimum absolute atomic E-state index is 0.242. The van der Waals surface area contributed by atoms with E-state index in [0.717, 1.165) is 25.9 Å². The summed E-state index contributed by atoms with van der Waals surface area (Å²) in [4.78, 5) is 14.1. The Kier molecular flexibility index (Phi) is 6.27. The number of likely N-dealkylation sites (tertiary alicyclic amines) is 1. The molecule has 1 aliphatic heterocycles. The van der Waals surface area contributed by atoms with Gasteiger partial charge in [-0.2, -0.15) is 0 Å². The molecule has 1 fully saturated rings. The van der Waals surface area contributed by atoms with Gasteiger partial charge in [-0.1, -0.05) is 13.3 Å². The van der Waals surface area contributed by atoms with Crippen LogP contribution >= 0.6 is 0 Å². The molecule has 3 N–H and O–H groups in total. The molecule has 1 heterocycles. The van der Waals surface area contributed by atoms with Gasteiger partial charge in [0.15, 0.2) is 0 Å². The molecule has 3 atom stereocenters. The molecule has 0 aromatic carbocycles. The molecule has 4 nitrogen and oxygen atoms in total. The normalized spacial score (nSPS) is 28.0. The van der Waals surface area contributed by atoms with Gasteiger partial charge in [0.05, 0.1) is 5.54 Å². The highest BCUT2D eigenvalue weighted by atomic mass is 16.1. The van der Waals surface area contributed by atoms with Crippen molar-refractivity contribution in [3.63, 3.8) is 0 Å². The van der Waals surface area contributed by atoms with Crippen molar-refractivity contribution >= 4 is 5.91 Å². The van der Waals surface area contributed by atoms with E-state index in [1.54, 1.807) is 0 Å². The predicted octanol–water partition coefficient (Wildman–Crippen LogP) is 1.88. The fourth-order valence-corrected chi connectivity index (χ4v) is 3.22. The second kappa shape index (κ2) is 7.25. The molecular weight excluding hydrogens is 238 g/mol. The third kappa shape index (κ3) is 4.46. The Hall–Kier alpha value is -0.610. The lowest BCUT2D eigenvalue weighted by molar-refractivity contribution is -0.124. The van der Waals surface area contributed by atoms with Crippen molar-refractivity contribution in [1.82, 2.24) is 10.2 Å². The van der Waals surface area contributed by atoms with Crippen molar-refractivity contribution in [2.45, 2.75) is 77.4 Å². The molecule has 0 radical (unpaired) electrons. The van der Waals surface area contributed by atoms with Gasteiger partial charge in [-0.15, -0.1) is 0 Å². The van der Waals surface area contributed by atoms with Gasteiger partial charge in [0.1, 0.15) is 0 Å². The standard InChI is InChI=1S/C15H31N3O/c1-5-17-15(4,14(16)19)10-7-11-18-12(2)8-6-9-13(18)3/h12-13,17H,5-11H2,1-4H3,(H2,16,19)/t12-,13+,15?. The van der Waals surface area contributed by atoms with E-state index in [-0.39, 0.29) is 5.91 Å². The molecule has 0 spiro atoms. The van der Waals surface area contributed by atoms with E-state index in [4.69, 9.17) is 5.73 Å². The minimum Gasteiger partial charge on any atom is -0.368 e. The lowest BCUT2D eigenvalue weighted by Crippen LogP contribution is -2.53. The highest BCUT2D eigenvalue weighted by Crippen LogP contribution is 2.23. The molecule has 0 aromatic rings. The number of carbonyl (C=O) groups excluding carboxylic acids is 1.